The third-order valence-corrected chi connectivity index (χ3v) is 6.85. The summed E-state index contributed by atoms with van der Waals surface area (Å²) in [5.74, 6) is -0.147. The molecule has 5 nitrogen and oxygen atoms in total. The van der Waals surface area contributed by atoms with Gasteiger partial charge in [0.2, 0.25) is 0 Å². The highest BCUT2D eigenvalue weighted by atomic mass is 35.5. The van der Waals surface area contributed by atoms with Crippen molar-refractivity contribution in [2.75, 3.05) is 42.9 Å². The summed E-state index contributed by atoms with van der Waals surface area (Å²) in [6.07, 6.45) is 5.02. The number of nitrogens with one attached hydrogen (secondary N) is 2. The standard InChI is InChI=1S/C25H33ClN4O/c1-2-29-14-4-7-24(29)18-27-21-12-15-30(16-13-21)23-10-8-22(9-11-23)28-25(31)19-5-3-6-20(26)17-19/h3,5-6,8-11,17,21,24,27H,2,4,7,12-16,18H2,1H3,(H,28,31). The van der Waals surface area contributed by atoms with Crippen LogP contribution in [0.4, 0.5) is 11.4 Å². The lowest BCUT2D eigenvalue weighted by atomic mass is 10.0. The van der Waals surface area contributed by atoms with Gasteiger partial charge in [0.1, 0.15) is 0 Å². The normalized spacial score (nSPS) is 20.2. The number of carbonyl (C=O) groups is 1. The molecule has 1 atom stereocenters. The molecule has 0 aromatic heterocycles. The number of nitrogens with zero attached hydrogens (tertiary/aromatic N) is 2. The van der Waals surface area contributed by atoms with Crippen LogP contribution in [0.1, 0.15) is 43.0 Å². The van der Waals surface area contributed by atoms with Crippen molar-refractivity contribution in [3.8, 4) is 0 Å². The van der Waals surface area contributed by atoms with E-state index in [0.717, 1.165) is 31.4 Å². The summed E-state index contributed by atoms with van der Waals surface area (Å²) in [6, 6.07) is 16.5. The van der Waals surface area contributed by atoms with Gasteiger partial charge in [-0.25, -0.2) is 0 Å². The molecule has 0 spiro atoms. The highest BCUT2D eigenvalue weighted by Crippen LogP contribution is 2.23. The first-order chi connectivity index (χ1) is 15.1. The molecule has 0 radical (unpaired) electrons. The van der Waals surface area contributed by atoms with Crippen molar-refractivity contribution in [2.24, 2.45) is 0 Å². The topological polar surface area (TPSA) is 47.6 Å². The summed E-state index contributed by atoms with van der Waals surface area (Å²) in [4.78, 5) is 17.4. The maximum atomic E-state index is 12.4. The molecule has 0 aliphatic carbocycles. The van der Waals surface area contributed by atoms with Gasteiger partial charge in [-0.3, -0.25) is 9.69 Å². The first-order valence-corrected chi connectivity index (χ1v) is 11.9. The zero-order chi connectivity index (χ0) is 21.6. The number of rotatable bonds is 7. The molecular formula is C25H33ClN4O. The summed E-state index contributed by atoms with van der Waals surface area (Å²) < 4.78 is 0. The van der Waals surface area contributed by atoms with Gasteiger partial charge in [-0.1, -0.05) is 24.6 Å². The number of halogens is 1. The number of hydrogen-bond donors (Lipinski definition) is 2. The first-order valence-electron chi connectivity index (χ1n) is 11.5. The maximum Gasteiger partial charge on any atom is 0.255 e. The van der Waals surface area contributed by atoms with Crippen molar-refractivity contribution >= 4 is 28.9 Å². The van der Waals surface area contributed by atoms with E-state index in [9.17, 15) is 4.79 Å². The Morgan fingerprint density at radius 1 is 1.06 bits per heavy atom. The minimum Gasteiger partial charge on any atom is -0.371 e. The number of anilines is 2. The molecule has 0 saturated carbocycles. The van der Waals surface area contributed by atoms with E-state index in [1.807, 2.05) is 12.1 Å². The van der Waals surface area contributed by atoms with E-state index < -0.39 is 0 Å². The minimum absolute atomic E-state index is 0.147. The van der Waals surface area contributed by atoms with Gasteiger partial charge in [-0.05, 0) is 81.2 Å². The molecule has 31 heavy (non-hydrogen) atoms. The average Bonchev–Trinajstić information content (AvgIpc) is 3.26. The third kappa shape index (κ3) is 5.79. The second kappa shape index (κ2) is 10.5. The Kier molecular flexibility index (Phi) is 7.49. The minimum atomic E-state index is -0.147. The highest BCUT2D eigenvalue weighted by Gasteiger charge is 2.25. The molecule has 1 amide bonds. The Bertz CT molecular complexity index is 864. The van der Waals surface area contributed by atoms with E-state index in [1.165, 1.54) is 44.5 Å². The lowest BCUT2D eigenvalue weighted by molar-refractivity contribution is 0.102. The third-order valence-electron chi connectivity index (χ3n) is 6.62. The molecule has 2 aliphatic heterocycles. The second-order valence-electron chi connectivity index (χ2n) is 8.61. The van der Waals surface area contributed by atoms with E-state index in [0.29, 0.717) is 16.6 Å². The van der Waals surface area contributed by atoms with Crippen LogP contribution in [-0.2, 0) is 0 Å². The van der Waals surface area contributed by atoms with Gasteiger partial charge in [0.05, 0.1) is 0 Å². The van der Waals surface area contributed by atoms with E-state index in [1.54, 1.807) is 24.3 Å². The van der Waals surface area contributed by atoms with Crippen molar-refractivity contribution in [3.05, 3.63) is 59.1 Å². The van der Waals surface area contributed by atoms with Crippen molar-refractivity contribution in [1.82, 2.24) is 10.2 Å². The van der Waals surface area contributed by atoms with Crippen molar-refractivity contribution in [1.29, 1.82) is 0 Å². The predicted molar refractivity (Wildman–Crippen MR) is 129 cm³/mol. The van der Waals surface area contributed by atoms with Crippen molar-refractivity contribution in [2.45, 2.75) is 44.7 Å². The summed E-state index contributed by atoms with van der Waals surface area (Å²) >= 11 is 5.98. The Balaban J connectivity index is 1.24. The molecule has 2 aliphatic rings. The molecule has 2 saturated heterocycles. The van der Waals surface area contributed by atoms with Gasteiger partial charge in [0.25, 0.3) is 5.91 Å². The van der Waals surface area contributed by atoms with Crippen LogP contribution >= 0.6 is 11.6 Å². The molecule has 2 fully saturated rings. The Hall–Kier alpha value is -2.08. The van der Waals surface area contributed by atoms with Crippen LogP contribution in [0.25, 0.3) is 0 Å². The quantitative estimate of drug-likeness (QED) is 0.658. The number of hydrogen-bond acceptors (Lipinski definition) is 4. The van der Waals surface area contributed by atoms with Crippen molar-refractivity contribution in [3.63, 3.8) is 0 Å². The number of amides is 1. The van der Waals surface area contributed by atoms with E-state index in [4.69, 9.17) is 11.6 Å². The maximum absolute atomic E-state index is 12.4. The van der Waals surface area contributed by atoms with Crippen LogP contribution in [0.5, 0.6) is 0 Å². The van der Waals surface area contributed by atoms with Gasteiger partial charge < -0.3 is 15.5 Å². The van der Waals surface area contributed by atoms with Crippen LogP contribution in [-0.4, -0.2) is 55.6 Å². The van der Waals surface area contributed by atoms with Gasteiger partial charge in [-0.15, -0.1) is 0 Å². The highest BCUT2D eigenvalue weighted by molar-refractivity contribution is 6.31. The molecule has 1 unspecified atom stereocenters. The van der Waals surface area contributed by atoms with Crippen molar-refractivity contribution < 1.29 is 4.79 Å². The monoisotopic (exact) mass is 440 g/mol. The molecule has 2 heterocycles. The molecule has 166 valence electrons. The number of likely N-dealkylation sites (N-methyl/N-ethyl adjacent to an activating group) is 1. The predicted octanol–water partition coefficient (Wildman–Crippen LogP) is 4.64. The van der Waals surface area contributed by atoms with Crippen LogP contribution < -0.4 is 15.5 Å². The fourth-order valence-corrected chi connectivity index (χ4v) is 4.97. The smallest absolute Gasteiger partial charge is 0.255 e. The number of benzene rings is 2. The molecule has 0 bridgehead atoms. The van der Waals surface area contributed by atoms with Crippen LogP contribution in [0.15, 0.2) is 48.5 Å². The van der Waals surface area contributed by atoms with Crippen LogP contribution in [0.3, 0.4) is 0 Å². The molecule has 6 heteroatoms. The van der Waals surface area contributed by atoms with Gasteiger partial charge in [-0.2, -0.15) is 0 Å². The molecule has 2 aromatic rings. The number of piperidine rings is 1. The first kappa shape index (κ1) is 22.1. The van der Waals surface area contributed by atoms with Gasteiger partial charge >= 0.3 is 0 Å². The Morgan fingerprint density at radius 2 is 1.84 bits per heavy atom. The zero-order valence-electron chi connectivity index (χ0n) is 18.3. The Labute approximate surface area is 190 Å². The summed E-state index contributed by atoms with van der Waals surface area (Å²) in [5.41, 5.74) is 2.57. The van der Waals surface area contributed by atoms with Crippen LogP contribution in [0.2, 0.25) is 5.02 Å². The van der Waals surface area contributed by atoms with E-state index in [2.05, 4.69) is 39.5 Å². The Morgan fingerprint density at radius 3 is 2.55 bits per heavy atom. The van der Waals surface area contributed by atoms with Crippen LogP contribution in [0, 0.1) is 0 Å². The second-order valence-corrected chi connectivity index (χ2v) is 9.04. The lowest BCUT2D eigenvalue weighted by Gasteiger charge is -2.35. The van der Waals surface area contributed by atoms with E-state index >= 15 is 0 Å². The number of likely N-dealkylation sites (tertiary alicyclic amines) is 1. The largest absolute Gasteiger partial charge is 0.371 e. The summed E-state index contributed by atoms with van der Waals surface area (Å²) in [6.45, 7) is 7.95. The summed E-state index contributed by atoms with van der Waals surface area (Å²) in [5, 5.41) is 7.33. The average molecular weight is 441 g/mol. The summed E-state index contributed by atoms with van der Waals surface area (Å²) in [7, 11) is 0. The molecule has 2 N–H and O–H groups in total. The van der Waals surface area contributed by atoms with Gasteiger partial charge in [0.15, 0.2) is 0 Å². The molecular weight excluding hydrogens is 408 g/mol. The zero-order valence-corrected chi connectivity index (χ0v) is 19.1. The SMILES string of the molecule is CCN1CCCC1CNC1CCN(c2ccc(NC(=O)c3cccc(Cl)c3)cc2)CC1. The number of carbonyl (C=O) groups excluding carboxylic acids is 1. The fourth-order valence-electron chi connectivity index (χ4n) is 4.78. The lowest BCUT2D eigenvalue weighted by Crippen LogP contribution is -2.46. The molecule has 4 rings (SSSR count). The van der Waals surface area contributed by atoms with Gasteiger partial charge in [0, 0.05) is 53.7 Å². The fraction of sp³-hybridized carbons (Fsp3) is 0.480. The van der Waals surface area contributed by atoms with E-state index in [-0.39, 0.29) is 5.91 Å². The molecule has 2 aromatic carbocycles.